The van der Waals surface area contributed by atoms with Crippen molar-refractivity contribution in [3.63, 3.8) is 0 Å². The molecule has 1 amide bonds. The Hall–Kier alpha value is -3.41. The van der Waals surface area contributed by atoms with Crippen molar-refractivity contribution < 1.29 is 24.2 Å². The van der Waals surface area contributed by atoms with Gasteiger partial charge >= 0.3 is 5.97 Å². The Balaban J connectivity index is 2.01. The fourth-order valence-corrected chi connectivity index (χ4v) is 3.66. The zero-order valence-electron chi connectivity index (χ0n) is 17.3. The highest BCUT2D eigenvalue weighted by atomic mass is 16.5. The number of amides is 1. The van der Waals surface area contributed by atoms with E-state index >= 15 is 0 Å². The maximum absolute atomic E-state index is 12.9. The summed E-state index contributed by atoms with van der Waals surface area (Å²) in [5, 5.41) is 10.5. The van der Waals surface area contributed by atoms with Gasteiger partial charge in [-0.05, 0) is 37.1 Å². The molecule has 1 heterocycles. The molecule has 1 unspecified atom stereocenters. The standard InChI is InChI=1S/C24H25NO5/c1-4-19(26)21-22(17-8-6-7-15(3)13-17)25(24(29)23(21)28)18-11-9-16(10-12-18)14-20(27)30-5-2/h6-13,22,28H,4-5,14H2,1-3H3. The maximum atomic E-state index is 12.9. The average Bonchev–Trinajstić information content (AvgIpc) is 2.99. The third kappa shape index (κ3) is 4.13. The molecule has 0 aliphatic carbocycles. The summed E-state index contributed by atoms with van der Waals surface area (Å²) < 4.78 is 4.97. The molecule has 3 rings (SSSR count). The van der Waals surface area contributed by atoms with Gasteiger partial charge in [0.05, 0.1) is 24.6 Å². The van der Waals surface area contributed by atoms with E-state index in [9.17, 15) is 19.5 Å². The van der Waals surface area contributed by atoms with Crippen molar-refractivity contribution in [1.82, 2.24) is 0 Å². The Kier molecular flexibility index (Phi) is 6.35. The molecule has 0 saturated heterocycles. The van der Waals surface area contributed by atoms with Crippen LogP contribution in [0.15, 0.2) is 59.9 Å². The van der Waals surface area contributed by atoms with Gasteiger partial charge in [-0.2, -0.15) is 0 Å². The van der Waals surface area contributed by atoms with Crippen molar-refractivity contribution >= 4 is 23.3 Å². The van der Waals surface area contributed by atoms with Gasteiger partial charge in [-0.25, -0.2) is 0 Å². The van der Waals surface area contributed by atoms with Crippen molar-refractivity contribution in [2.45, 2.75) is 39.7 Å². The Morgan fingerprint density at radius 2 is 1.80 bits per heavy atom. The van der Waals surface area contributed by atoms with Crippen LogP contribution in [-0.2, 0) is 25.5 Å². The van der Waals surface area contributed by atoms with Crippen molar-refractivity contribution in [1.29, 1.82) is 0 Å². The molecule has 0 spiro atoms. The highest BCUT2D eigenvalue weighted by molar-refractivity contribution is 6.16. The molecule has 6 nitrogen and oxygen atoms in total. The van der Waals surface area contributed by atoms with Crippen LogP contribution >= 0.6 is 0 Å². The summed E-state index contributed by atoms with van der Waals surface area (Å²) in [6, 6.07) is 13.7. The number of ether oxygens (including phenoxy) is 1. The fourth-order valence-electron chi connectivity index (χ4n) is 3.66. The number of ketones is 1. The summed E-state index contributed by atoms with van der Waals surface area (Å²) in [6.45, 7) is 5.70. The lowest BCUT2D eigenvalue weighted by atomic mass is 9.94. The molecule has 0 aromatic heterocycles. The summed E-state index contributed by atoms with van der Waals surface area (Å²) in [5.74, 6) is -1.72. The third-order valence-corrected chi connectivity index (χ3v) is 5.06. The molecule has 1 atom stereocenters. The number of hydrogen-bond acceptors (Lipinski definition) is 5. The molecule has 0 bridgehead atoms. The van der Waals surface area contributed by atoms with Gasteiger partial charge in [0.15, 0.2) is 11.5 Å². The zero-order chi connectivity index (χ0) is 21.8. The highest BCUT2D eigenvalue weighted by Gasteiger charge is 2.43. The molecule has 2 aromatic rings. The minimum absolute atomic E-state index is 0.115. The molecule has 0 fully saturated rings. The molecular formula is C24H25NO5. The maximum Gasteiger partial charge on any atom is 0.310 e. The van der Waals surface area contributed by atoms with Gasteiger partial charge in [0.2, 0.25) is 0 Å². The summed E-state index contributed by atoms with van der Waals surface area (Å²) in [4.78, 5) is 38.7. The first kappa shape index (κ1) is 21.3. The van der Waals surface area contributed by atoms with Crippen molar-refractivity contribution in [2.75, 3.05) is 11.5 Å². The van der Waals surface area contributed by atoms with Crippen LogP contribution in [0.4, 0.5) is 5.69 Å². The predicted octanol–water partition coefficient (Wildman–Crippen LogP) is 3.98. The number of nitrogens with zero attached hydrogens (tertiary/aromatic N) is 1. The second kappa shape index (κ2) is 8.95. The normalized spacial score (nSPS) is 16.2. The number of benzene rings is 2. The largest absolute Gasteiger partial charge is 0.503 e. The Morgan fingerprint density at radius 1 is 1.10 bits per heavy atom. The number of anilines is 1. The number of esters is 1. The SMILES string of the molecule is CCOC(=O)Cc1ccc(N2C(=O)C(O)=C(C(=O)CC)C2c2cccc(C)c2)cc1. The van der Waals surface area contributed by atoms with Crippen LogP contribution in [0.5, 0.6) is 0 Å². The van der Waals surface area contributed by atoms with E-state index in [4.69, 9.17) is 4.74 Å². The van der Waals surface area contributed by atoms with E-state index in [1.54, 1.807) is 38.1 Å². The number of Topliss-reactive ketones (excluding diaryl/α,β-unsaturated/α-hetero) is 1. The number of carbonyl (C=O) groups excluding carboxylic acids is 3. The lowest BCUT2D eigenvalue weighted by molar-refractivity contribution is -0.142. The van der Waals surface area contributed by atoms with Gasteiger partial charge in [-0.1, -0.05) is 48.9 Å². The van der Waals surface area contributed by atoms with Gasteiger partial charge in [0.25, 0.3) is 5.91 Å². The molecule has 0 saturated carbocycles. The monoisotopic (exact) mass is 407 g/mol. The molecule has 30 heavy (non-hydrogen) atoms. The number of hydrogen-bond donors (Lipinski definition) is 1. The van der Waals surface area contributed by atoms with Crippen molar-refractivity contribution in [3.05, 3.63) is 76.6 Å². The Morgan fingerprint density at radius 3 is 2.40 bits per heavy atom. The number of rotatable bonds is 7. The molecule has 1 aliphatic heterocycles. The van der Waals surface area contributed by atoms with E-state index in [0.29, 0.717) is 12.3 Å². The van der Waals surface area contributed by atoms with E-state index < -0.39 is 17.7 Å². The molecule has 6 heteroatoms. The topological polar surface area (TPSA) is 83.9 Å². The molecule has 156 valence electrons. The Bertz CT molecular complexity index is 1010. The zero-order valence-corrected chi connectivity index (χ0v) is 17.3. The molecule has 2 aromatic carbocycles. The molecule has 1 N–H and O–H groups in total. The summed E-state index contributed by atoms with van der Waals surface area (Å²) in [7, 11) is 0. The van der Waals surface area contributed by atoms with E-state index in [2.05, 4.69) is 0 Å². The van der Waals surface area contributed by atoms with E-state index in [-0.39, 0.29) is 30.2 Å². The van der Waals surface area contributed by atoms with Crippen LogP contribution in [0, 0.1) is 6.92 Å². The number of carbonyl (C=O) groups is 3. The minimum Gasteiger partial charge on any atom is -0.503 e. The first-order valence-corrected chi connectivity index (χ1v) is 9.98. The minimum atomic E-state index is -0.708. The van der Waals surface area contributed by atoms with Gasteiger partial charge in [-0.3, -0.25) is 19.3 Å². The highest BCUT2D eigenvalue weighted by Crippen LogP contribution is 2.41. The average molecular weight is 407 g/mol. The number of aliphatic hydroxyl groups excluding tert-OH is 1. The van der Waals surface area contributed by atoms with Crippen LogP contribution in [0.25, 0.3) is 0 Å². The van der Waals surface area contributed by atoms with Gasteiger partial charge in [-0.15, -0.1) is 0 Å². The van der Waals surface area contributed by atoms with E-state index in [1.165, 1.54) is 4.90 Å². The molecule has 1 aliphatic rings. The number of aryl methyl sites for hydroxylation is 1. The van der Waals surface area contributed by atoms with Crippen LogP contribution in [-0.4, -0.2) is 29.4 Å². The van der Waals surface area contributed by atoms with Gasteiger partial charge in [0, 0.05) is 12.1 Å². The first-order valence-electron chi connectivity index (χ1n) is 9.98. The molecule has 0 radical (unpaired) electrons. The second-order valence-corrected chi connectivity index (χ2v) is 7.18. The van der Waals surface area contributed by atoms with E-state index in [1.807, 2.05) is 31.2 Å². The van der Waals surface area contributed by atoms with Crippen molar-refractivity contribution in [2.24, 2.45) is 0 Å². The fraction of sp³-hybridized carbons (Fsp3) is 0.292. The first-order chi connectivity index (χ1) is 14.4. The lowest BCUT2D eigenvalue weighted by Gasteiger charge is -2.27. The van der Waals surface area contributed by atoms with Crippen LogP contribution in [0.3, 0.4) is 0 Å². The van der Waals surface area contributed by atoms with Crippen molar-refractivity contribution in [3.8, 4) is 0 Å². The Labute approximate surface area is 175 Å². The third-order valence-electron chi connectivity index (χ3n) is 5.06. The summed E-state index contributed by atoms with van der Waals surface area (Å²) in [5.41, 5.74) is 3.13. The molecular weight excluding hydrogens is 382 g/mol. The van der Waals surface area contributed by atoms with Gasteiger partial charge < -0.3 is 9.84 Å². The van der Waals surface area contributed by atoms with Crippen LogP contribution < -0.4 is 4.90 Å². The van der Waals surface area contributed by atoms with E-state index in [0.717, 1.165) is 16.7 Å². The quantitative estimate of drug-likeness (QED) is 0.702. The second-order valence-electron chi connectivity index (χ2n) is 7.18. The smallest absolute Gasteiger partial charge is 0.310 e. The lowest BCUT2D eigenvalue weighted by Crippen LogP contribution is -2.31. The summed E-state index contributed by atoms with van der Waals surface area (Å²) >= 11 is 0. The predicted molar refractivity (Wildman–Crippen MR) is 113 cm³/mol. The number of aliphatic hydroxyl groups is 1. The van der Waals surface area contributed by atoms with Crippen LogP contribution in [0.1, 0.15) is 43.0 Å². The summed E-state index contributed by atoms with van der Waals surface area (Å²) in [6.07, 6.45) is 0.313. The van der Waals surface area contributed by atoms with Gasteiger partial charge in [0.1, 0.15) is 0 Å². The van der Waals surface area contributed by atoms with Crippen LogP contribution in [0.2, 0.25) is 0 Å².